The first-order valence-corrected chi connectivity index (χ1v) is 9.49. The average Bonchev–Trinajstić information content (AvgIpc) is 2.92. The molecule has 2 aromatic rings. The second-order valence-electron chi connectivity index (χ2n) is 5.63. The minimum atomic E-state index is -0.369. The second-order valence-corrected chi connectivity index (χ2v) is 7.48. The maximum Gasteiger partial charge on any atom is 0.293 e. The zero-order chi connectivity index (χ0) is 19.6. The summed E-state index contributed by atoms with van der Waals surface area (Å²) in [7, 11) is 2.84. The molecule has 0 aliphatic carbocycles. The van der Waals surface area contributed by atoms with Crippen LogP contribution in [0.5, 0.6) is 17.2 Å². The fourth-order valence-corrected chi connectivity index (χ4v) is 3.83. The number of carbonyl (C=O) groups excluding carboxylic acids is 2. The molecule has 0 spiro atoms. The molecule has 1 aliphatic heterocycles. The SMILES string of the molecule is COc1cc(/C=C2/SC(=O)N(Cc3ccccc3Br)C2=O)cc(OC)c1O. The summed E-state index contributed by atoms with van der Waals surface area (Å²) in [5, 5.41) is 9.66. The van der Waals surface area contributed by atoms with Gasteiger partial charge in [-0.25, -0.2) is 0 Å². The minimum absolute atomic E-state index is 0.126. The molecule has 0 unspecified atom stereocenters. The Hall–Kier alpha value is -2.45. The molecular weight excluding hydrogens is 434 g/mol. The molecule has 6 nitrogen and oxygen atoms in total. The number of halogens is 1. The van der Waals surface area contributed by atoms with Gasteiger partial charge in [-0.1, -0.05) is 34.1 Å². The molecular formula is C19H16BrNO5S. The van der Waals surface area contributed by atoms with Crippen molar-refractivity contribution in [2.24, 2.45) is 0 Å². The minimum Gasteiger partial charge on any atom is -0.502 e. The highest BCUT2D eigenvalue weighted by Crippen LogP contribution is 2.39. The fraction of sp³-hybridized carbons (Fsp3) is 0.158. The lowest BCUT2D eigenvalue weighted by Gasteiger charge is -2.13. The third kappa shape index (κ3) is 3.96. The Balaban J connectivity index is 1.89. The van der Waals surface area contributed by atoms with Gasteiger partial charge in [0.1, 0.15) is 0 Å². The van der Waals surface area contributed by atoms with Crippen LogP contribution in [0.4, 0.5) is 4.79 Å². The van der Waals surface area contributed by atoms with Crippen LogP contribution in [0.15, 0.2) is 45.8 Å². The number of amides is 2. The molecule has 8 heteroatoms. The number of methoxy groups -OCH3 is 2. The van der Waals surface area contributed by atoms with Gasteiger partial charge < -0.3 is 14.6 Å². The summed E-state index contributed by atoms with van der Waals surface area (Å²) in [5.74, 6) is -0.0629. The number of ether oxygens (including phenoxy) is 2. The quantitative estimate of drug-likeness (QED) is 0.681. The molecule has 27 heavy (non-hydrogen) atoms. The van der Waals surface area contributed by atoms with Gasteiger partial charge in [-0.2, -0.15) is 0 Å². The van der Waals surface area contributed by atoms with Gasteiger partial charge in [0, 0.05) is 4.47 Å². The first kappa shape index (κ1) is 19.3. The van der Waals surface area contributed by atoms with Crippen molar-refractivity contribution in [1.29, 1.82) is 0 Å². The lowest BCUT2D eigenvalue weighted by atomic mass is 10.1. The fourth-order valence-electron chi connectivity index (χ4n) is 2.58. The largest absolute Gasteiger partial charge is 0.502 e. The number of thioether (sulfide) groups is 1. The molecule has 0 aromatic heterocycles. The molecule has 0 radical (unpaired) electrons. The van der Waals surface area contributed by atoms with Crippen LogP contribution in [0.25, 0.3) is 6.08 Å². The second kappa shape index (κ2) is 8.06. The normalized spacial score (nSPS) is 15.5. The summed E-state index contributed by atoms with van der Waals surface area (Å²) < 4.78 is 11.1. The number of nitrogens with zero attached hydrogens (tertiary/aromatic N) is 1. The number of hydrogen-bond acceptors (Lipinski definition) is 6. The van der Waals surface area contributed by atoms with Crippen molar-refractivity contribution in [2.75, 3.05) is 14.2 Å². The highest BCUT2D eigenvalue weighted by Gasteiger charge is 2.35. The molecule has 0 atom stereocenters. The van der Waals surface area contributed by atoms with Crippen molar-refractivity contribution < 1.29 is 24.2 Å². The maximum absolute atomic E-state index is 12.7. The first-order chi connectivity index (χ1) is 12.9. The van der Waals surface area contributed by atoms with Crippen LogP contribution < -0.4 is 9.47 Å². The molecule has 0 bridgehead atoms. The van der Waals surface area contributed by atoms with Gasteiger partial charge in [-0.05, 0) is 47.2 Å². The predicted octanol–water partition coefficient (Wildman–Crippen LogP) is 4.41. The van der Waals surface area contributed by atoms with Crippen LogP contribution in [0, 0.1) is 0 Å². The third-order valence-corrected chi connectivity index (χ3v) is 5.64. The zero-order valence-electron chi connectivity index (χ0n) is 14.6. The van der Waals surface area contributed by atoms with Crippen LogP contribution in [0.2, 0.25) is 0 Å². The van der Waals surface area contributed by atoms with Gasteiger partial charge in [0.25, 0.3) is 11.1 Å². The van der Waals surface area contributed by atoms with Crippen molar-refractivity contribution in [1.82, 2.24) is 4.90 Å². The molecule has 1 aliphatic rings. The van der Waals surface area contributed by atoms with Crippen molar-refractivity contribution in [3.63, 3.8) is 0 Å². The molecule has 1 fully saturated rings. The van der Waals surface area contributed by atoms with E-state index in [-0.39, 0.29) is 34.9 Å². The highest BCUT2D eigenvalue weighted by atomic mass is 79.9. The van der Waals surface area contributed by atoms with Crippen molar-refractivity contribution >= 4 is 44.9 Å². The summed E-state index contributed by atoms with van der Waals surface area (Å²) in [5.41, 5.74) is 1.42. The third-order valence-electron chi connectivity index (χ3n) is 3.96. The van der Waals surface area contributed by atoms with Crippen LogP contribution in [-0.4, -0.2) is 35.4 Å². The molecule has 1 saturated heterocycles. The van der Waals surface area contributed by atoms with Gasteiger partial charge in [0.2, 0.25) is 5.75 Å². The topological polar surface area (TPSA) is 76.1 Å². The molecule has 140 valence electrons. The summed E-state index contributed by atoms with van der Waals surface area (Å²) in [6.07, 6.45) is 1.58. The van der Waals surface area contributed by atoms with Crippen molar-refractivity contribution in [3.8, 4) is 17.2 Å². The van der Waals surface area contributed by atoms with Gasteiger partial charge in [0.05, 0.1) is 25.7 Å². The summed E-state index contributed by atoms with van der Waals surface area (Å²) in [4.78, 5) is 26.5. The van der Waals surface area contributed by atoms with Gasteiger partial charge in [-0.15, -0.1) is 0 Å². The van der Waals surface area contributed by atoms with E-state index in [1.807, 2.05) is 24.3 Å². The summed E-state index contributed by atoms with van der Waals surface area (Å²) in [6.45, 7) is 0.186. The Morgan fingerprint density at radius 3 is 2.37 bits per heavy atom. The molecule has 3 rings (SSSR count). The van der Waals surface area contributed by atoms with E-state index in [9.17, 15) is 14.7 Å². The van der Waals surface area contributed by atoms with Gasteiger partial charge in [0.15, 0.2) is 11.5 Å². The molecule has 2 amide bonds. The lowest BCUT2D eigenvalue weighted by molar-refractivity contribution is -0.123. The van der Waals surface area contributed by atoms with Crippen molar-refractivity contribution in [2.45, 2.75) is 6.54 Å². The number of benzene rings is 2. The Labute approximate surface area is 168 Å². The van der Waals surface area contributed by atoms with E-state index in [4.69, 9.17) is 9.47 Å². The monoisotopic (exact) mass is 449 g/mol. The maximum atomic E-state index is 12.7. The molecule has 1 heterocycles. The smallest absolute Gasteiger partial charge is 0.293 e. The van der Waals surface area contributed by atoms with E-state index in [2.05, 4.69) is 15.9 Å². The van der Waals surface area contributed by atoms with E-state index in [1.165, 1.54) is 19.1 Å². The number of aromatic hydroxyl groups is 1. The van der Waals surface area contributed by atoms with Crippen LogP contribution >= 0.6 is 27.7 Å². The van der Waals surface area contributed by atoms with E-state index in [0.29, 0.717) is 10.5 Å². The van der Waals surface area contributed by atoms with E-state index in [0.717, 1.165) is 21.8 Å². The molecule has 0 saturated carbocycles. The molecule has 2 aromatic carbocycles. The zero-order valence-corrected chi connectivity index (χ0v) is 17.0. The van der Waals surface area contributed by atoms with Crippen LogP contribution in [0.1, 0.15) is 11.1 Å². The van der Waals surface area contributed by atoms with Gasteiger partial charge >= 0.3 is 0 Å². The number of rotatable bonds is 5. The number of phenolic OH excluding ortho intramolecular Hbond substituents is 1. The number of hydrogen-bond donors (Lipinski definition) is 1. The number of carbonyl (C=O) groups is 2. The lowest BCUT2D eigenvalue weighted by Crippen LogP contribution is -2.27. The standard InChI is InChI=1S/C19H16BrNO5S/c1-25-14-7-11(8-15(26-2)17(14)22)9-16-18(23)21(19(24)27-16)10-12-5-3-4-6-13(12)20/h3-9,22H,10H2,1-2H3/b16-9+. The Bertz CT molecular complexity index is 918. The Kier molecular flexibility index (Phi) is 5.76. The predicted molar refractivity (Wildman–Crippen MR) is 107 cm³/mol. The Morgan fingerprint density at radius 2 is 1.78 bits per heavy atom. The molecule has 1 N–H and O–H groups in total. The van der Waals surface area contributed by atoms with Gasteiger partial charge in [-0.3, -0.25) is 14.5 Å². The highest BCUT2D eigenvalue weighted by molar-refractivity contribution is 9.10. The van der Waals surface area contributed by atoms with Crippen LogP contribution in [0.3, 0.4) is 0 Å². The summed E-state index contributed by atoms with van der Waals surface area (Å²) in [6, 6.07) is 10.6. The van der Waals surface area contributed by atoms with E-state index >= 15 is 0 Å². The van der Waals surface area contributed by atoms with E-state index in [1.54, 1.807) is 18.2 Å². The first-order valence-electron chi connectivity index (χ1n) is 7.88. The van der Waals surface area contributed by atoms with Crippen molar-refractivity contribution in [3.05, 3.63) is 56.9 Å². The van der Waals surface area contributed by atoms with E-state index < -0.39 is 0 Å². The average molecular weight is 450 g/mol. The Morgan fingerprint density at radius 1 is 1.15 bits per heavy atom. The number of imide groups is 1. The van der Waals surface area contributed by atoms with Crippen LogP contribution in [-0.2, 0) is 11.3 Å². The number of phenols is 1. The summed E-state index contributed by atoms with van der Waals surface area (Å²) >= 11 is 4.30.